The van der Waals surface area contributed by atoms with Crippen LogP contribution in [-0.4, -0.2) is 45.3 Å². The third kappa shape index (κ3) is 7.25. The fourth-order valence-electron chi connectivity index (χ4n) is 6.07. The molecule has 0 aromatic carbocycles. The van der Waals surface area contributed by atoms with Crippen LogP contribution in [0.5, 0.6) is 0 Å². The molecule has 2 saturated heterocycles. The van der Waals surface area contributed by atoms with E-state index in [4.69, 9.17) is 4.74 Å². The van der Waals surface area contributed by atoms with Crippen molar-refractivity contribution in [2.75, 3.05) is 0 Å². The number of esters is 1. The van der Waals surface area contributed by atoms with Crippen LogP contribution in [0.2, 0.25) is 0 Å². The van der Waals surface area contributed by atoms with Crippen molar-refractivity contribution < 1.29 is 19.4 Å². The van der Waals surface area contributed by atoms with Gasteiger partial charge < -0.3 is 20.5 Å². The average Bonchev–Trinajstić information content (AvgIpc) is 2.39. The summed E-state index contributed by atoms with van der Waals surface area (Å²) < 4.78 is 6.05. The molecule has 6 nitrogen and oxygen atoms in total. The van der Waals surface area contributed by atoms with Gasteiger partial charge in [-0.1, -0.05) is 0 Å². The van der Waals surface area contributed by atoms with Crippen LogP contribution < -0.4 is 10.6 Å². The molecule has 2 aliphatic rings. The lowest BCUT2D eigenvalue weighted by Crippen LogP contribution is -2.60. The van der Waals surface area contributed by atoms with E-state index in [0.717, 1.165) is 25.7 Å². The largest absolute Gasteiger partial charge is 0.481 e. The maximum Gasteiger partial charge on any atom is 0.309 e. The van der Waals surface area contributed by atoms with Crippen molar-refractivity contribution in [1.82, 2.24) is 10.6 Å². The molecule has 0 aliphatic carbocycles. The van der Waals surface area contributed by atoms with Gasteiger partial charge in [0.2, 0.25) is 0 Å². The second-order valence-electron chi connectivity index (χ2n) is 12.0. The lowest BCUT2D eigenvalue weighted by molar-refractivity contribution is -0.162. The second kappa shape index (κ2) is 8.18. The summed E-state index contributed by atoms with van der Waals surface area (Å²) in [5.41, 5.74) is -0.427. The summed E-state index contributed by atoms with van der Waals surface area (Å²) in [4.78, 5) is 24.6. The van der Waals surface area contributed by atoms with Gasteiger partial charge in [-0.2, -0.15) is 0 Å². The van der Waals surface area contributed by atoms with Gasteiger partial charge in [0.25, 0.3) is 0 Å². The summed E-state index contributed by atoms with van der Waals surface area (Å²) in [6.07, 6.45) is 3.37. The number of ether oxygens (including phenoxy) is 1. The van der Waals surface area contributed by atoms with Gasteiger partial charge in [0, 0.05) is 41.4 Å². The molecule has 2 fully saturated rings. The lowest BCUT2D eigenvalue weighted by atomic mass is 9.69. The SMILES string of the molecule is CC1(C)CC(OC(=O)C(CCC(=O)O)C2CC(C)(C)NC(C)(C)C2)CC(C)(C)N1. The van der Waals surface area contributed by atoms with Crippen LogP contribution in [0.1, 0.15) is 93.9 Å². The Balaban J connectivity index is 2.18. The van der Waals surface area contributed by atoms with Crippen LogP contribution >= 0.6 is 0 Å². The van der Waals surface area contributed by atoms with Gasteiger partial charge in [0.1, 0.15) is 6.10 Å². The number of hydrogen-bond acceptors (Lipinski definition) is 5. The number of rotatable bonds is 6. The van der Waals surface area contributed by atoms with E-state index in [2.05, 4.69) is 66.0 Å². The predicted molar refractivity (Wildman–Crippen MR) is 115 cm³/mol. The first kappa shape index (κ1) is 24.1. The highest BCUT2D eigenvalue weighted by Crippen LogP contribution is 2.40. The number of carbonyl (C=O) groups excluding carboxylic acids is 1. The summed E-state index contributed by atoms with van der Waals surface area (Å²) in [5, 5.41) is 16.5. The fraction of sp³-hybridized carbons (Fsp3) is 0.913. The standard InChI is InChI=1S/C23H42N2O4/c1-20(2)11-15(12-21(3,4)24-20)17(9-10-18(26)27)19(28)29-16-13-22(5,6)25-23(7,8)14-16/h15-17,24-25H,9-14H2,1-8H3,(H,26,27). The highest BCUT2D eigenvalue weighted by Gasteiger charge is 2.45. The molecular formula is C23H42N2O4. The Morgan fingerprint density at radius 1 is 0.862 bits per heavy atom. The zero-order valence-electron chi connectivity index (χ0n) is 19.6. The van der Waals surface area contributed by atoms with E-state index in [1.54, 1.807) is 0 Å². The van der Waals surface area contributed by atoms with E-state index in [1.807, 2.05) is 0 Å². The zero-order valence-corrected chi connectivity index (χ0v) is 19.6. The Bertz CT molecular complexity index is 592. The maximum absolute atomic E-state index is 13.3. The molecule has 0 spiro atoms. The minimum absolute atomic E-state index is 0.00619. The summed E-state index contributed by atoms with van der Waals surface area (Å²) in [5.74, 6) is -1.36. The normalized spacial score (nSPS) is 27.2. The molecule has 2 aliphatic heterocycles. The number of nitrogens with one attached hydrogen (secondary N) is 2. The minimum atomic E-state index is -0.862. The molecule has 1 unspecified atom stereocenters. The van der Waals surface area contributed by atoms with E-state index in [1.165, 1.54) is 0 Å². The molecule has 0 amide bonds. The van der Waals surface area contributed by atoms with E-state index in [9.17, 15) is 14.7 Å². The monoisotopic (exact) mass is 410 g/mol. The number of hydrogen-bond donors (Lipinski definition) is 3. The molecule has 0 aromatic rings. The molecule has 2 rings (SSSR count). The maximum atomic E-state index is 13.3. The van der Waals surface area contributed by atoms with Crippen molar-refractivity contribution in [2.45, 2.75) is 122 Å². The minimum Gasteiger partial charge on any atom is -0.481 e. The second-order valence-corrected chi connectivity index (χ2v) is 12.0. The predicted octanol–water partition coefficient (Wildman–Crippen LogP) is 3.88. The van der Waals surface area contributed by atoms with Crippen LogP contribution in [0.3, 0.4) is 0 Å². The van der Waals surface area contributed by atoms with Gasteiger partial charge in [0.15, 0.2) is 0 Å². The molecule has 0 saturated carbocycles. The Hall–Kier alpha value is -1.14. The topological polar surface area (TPSA) is 87.7 Å². The quantitative estimate of drug-likeness (QED) is 0.576. The molecule has 168 valence electrons. The highest BCUT2D eigenvalue weighted by atomic mass is 16.5. The van der Waals surface area contributed by atoms with Gasteiger partial charge >= 0.3 is 11.9 Å². The van der Waals surface area contributed by atoms with Gasteiger partial charge in [-0.25, -0.2) is 0 Å². The van der Waals surface area contributed by atoms with Crippen molar-refractivity contribution in [1.29, 1.82) is 0 Å². The van der Waals surface area contributed by atoms with Crippen molar-refractivity contribution in [3.05, 3.63) is 0 Å². The third-order valence-electron chi connectivity index (χ3n) is 6.20. The molecule has 0 radical (unpaired) electrons. The number of carboxylic acids is 1. The van der Waals surface area contributed by atoms with Crippen LogP contribution in [-0.2, 0) is 14.3 Å². The van der Waals surface area contributed by atoms with Crippen LogP contribution in [0.4, 0.5) is 0 Å². The van der Waals surface area contributed by atoms with Crippen LogP contribution in [0, 0.1) is 11.8 Å². The van der Waals surface area contributed by atoms with Crippen molar-refractivity contribution in [3.8, 4) is 0 Å². The lowest BCUT2D eigenvalue weighted by Gasteiger charge is -2.49. The van der Waals surface area contributed by atoms with Crippen molar-refractivity contribution >= 4 is 11.9 Å². The average molecular weight is 411 g/mol. The van der Waals surface area contributed by atoms with E-state index >= 15 is 0 Å². The number of piperidine rings is 2. The van der Waals surface area contributed by atoms with Crippen molar-refractivity contribution in [3.63, 3.8) is 0 Å². The molecule has 1 atom stereocenters. The molecule has 29 heavy (non-hydrogen) atoms. The van der Waals surface area contributed by atoms with E-state index in [-0.39, 0.29) is 52.5 Å². The van der Waals surface area contributed by atoms with E-state index < -0.39 is 5.97 Å². The molecular weight excluding hydrogens is 368 g/mol. The number of carboxylic acid groups (broad SMARTS) is 1. The first-order valence-electron chi connectivity index (χ1n) is 11.0. The number of aliphatic carboxylic acids is 1. The Kier molecular flexibility index (Phi) is 6.81. The summed E-state index contributed by atoms with van der Waals surface area (Å²) in [6, 6.07) is 0. The Morgan fingerprint density at radius 2 is 1.28 bits per heavy atom. The van der Waals surface area contributed by atoms with Crippen LogP contribution in [0.25, 0.3) is 0 Å². The zero-order chi connectivity index (χ0) is 22.3. The molecule has 6 heteroatoms. The summed E-state index contributed by atoms with van der Waals surface area (Å²) >= 11 is 0. The first-order chi connectivity index (χ1) is 13.0. The molecule has 0 bridgehead atoms. The Labute approximate surface area is 176 Å². The molecule has 3 N–H and O–H groups in total. The van der Waals surface area contributed by atoms with Gasteiger partial charge in [0.05, 0.1) is 5.92 Å². The van der Waals surface area contributed by atoms with Gasteiger partial charge in [-0.15, -0.1) is 0 Å². The van der Waals surface area contributed by atoms with Crippen molar-refractivity contribution in [2.24, 2.45) is 11.8 Å². The number of carbonyl (C=O) groups is 2. The van der Waals surface area contributed by atoms with Crippen LogP contribution in [0.15, 0.2) is 0 Å². The van der Waals surface area contributed by atoms with E-state index in [0.29, 0.717) is 6.42 Å². The Morgan fingerprint density at radius 3 is 1.69 bits per heavy atom. The third-order valence-corrected chi connectivity index (χ3v) is 6.20. The molecule has 0 aromatic heterocycles. The fourth-order valence-corrected chi connectivity index (χ4v) is 6.07. The van der Waals surface area contributed by atoms with Gasteiger partial charge in [-0.05, 0) is 80.6 Å². The highest BCUT2D eigenvalue weighted by molar-refractivity contribution is 5.74. The molecule has 2 heterocycles. The summed E-state index contributed by atoms with van der Waals surface area (Å²) in [7, 11) is 0. The first-order valence-corrected chi connectivity index (χ1v) is 11.0. The smallest absolute Gasteiger partial charge is 0.309 e. The summed E-state index contributed by atoms with van der Waals surface area (Å²) in [6.45, 7) is 17.1. The van der Waals surface area contributed by atoms with Gasteiger partial charge in [-0.3, -0.25) is 9.59 Å².